The van der Waals surface area contributed by atoms with Gasteiger partial charge >= 0.3 is 0 Å². The van der Waals surface area contributed by atoms with Gasteiger partial charge < -0.3 is 10.2 Å². The van der Waals surface area contributed by atoms with Crippen LogP contribution in [0.3, 0.4) is 0 Å². The largest absolute Gasteiger partial charge is 0.347 e. The van der Waals surface area contributed by atoms with Crippen molar-refractivity contribution in [3.05, 3.63) is 35.4 Å². The van der Waals surface area contributed by atoms with Crippen molar-refractivity contribution in [3.8, 4) is 0 Å². The first-order valence-electron chi connectivity index (χ1n) is 6.52. The summed E-state index contributed by atoms with van der Waals surface area (Å²) in [6, 6.07) is 6.88. The van der Waals surface area contributed by atoms with Crippen molar-refractivity contribution >= 4 is 11.8 Å². The second kappa shape index (κ2) is 3.38. The van der Waals surface area contributed by atoms with Gasteiger partial charge in [0.1, 0.15) is 6.04 Å². The van der Waals surface area contributed by atoms with Crippen molar-refractivity contribution < 1.29 is 9.59 Å². The van der Waals surface area contributed by atoms with Crippen molar-refractivity contribution in [1.29, 1.82) is 0 Å². The summed E-state index contributed by atoms with van der Waals surface area (Å²) in [5, 5.41) is 3.05. The van der Waals surface area contributed by atoms with E-state index in [0.29, 0.717) is 5.56 Å². The van der Waals surface area contributed by atoms with E-state index in [1.807, 2.05) is 45.9 Å². The summed E-state index contributed by atoms with van der Waals surface area (Å²) in [6.07, 6.45) is 0. The molecule has 1 fully saturated rings. The summed E-state index contributed by atoms with van der Waals surface area (Å²) < 4.78 is 0. The van der Waals surface area contributed by atoms with Gasteiger partial charge in [-0.1, -0.05) is 18.2 Å². The van der Waals surface area contributed by atoms with Crippen LogP contribution in [0.5, 0.6) is 0 Å². The SMILES string of the molecule is CC1(C)NC(=O)C2c3ccccc3C(=O)N2C1(C)C. The maximum atomic E-state index is 12.6. The summed E-state index contributed by atoms with van der Waals surface area (Å²) in [5.74, 6) is -0.142. The molecule has 1 N–H and O–H groups in total. The van der Waals surface area contributed by atoms with Gasteiger partial charge in [-0.3, -0.25) is 9.59 Å². The Morgan fingerprint density at radius 1 is 1.11 bits per heavy atom. The molecule has 2 heterocycles. The molecule has 1 atom stereocenters. The van der Waals surface area contributed by atoms with Crippen LogP contribution in [0.15, 0.2) is 24.3 Å². The molecule has 1 aromatic rings. The van der Waals surface area contributed by atoms with Gasteiger partial charge in [0, 0.05) is 5.56 Å². The molecule has 4 nitrogen and oxygen atoms in total. The number of carbonyl (C=O) groups is 2. The summed E-state index contributed by atoms with van der Waals surface area (Å²) >= 11 is 0. The summed E-state index contributed by atoms with van der Waals surface area (Å²) in [4.78, 5) is 26.7. The molecule has 0 saturated carbocycles. The van der Waals surface area contributed by atoms with Crippen molar-refractivity contribution in [3.63, 3.8) is 0 Å². The van der Waals surface area contributed by atoms with Gasteiger partial charge in [0.05, 0.1) is 11.1 Å². The van der Waals surface area contributed by atoms with Gasteiger partial charge in [0.15, 0.2) is 0 Å². The number of nitrogens with zero attached hydrogens (tertiary/aromatic N) is 1. The standard InChI is InChI=1S/C15H18N2O2/c1-14(2)15(3,4)17-11(12(18)16-14)9-7-5-6-8-10(9)13(17)19/h5-8,11H,1-4H3,(H,16,18). The fourth-order valence-electron chi connectivity index (χ4n) is 2.98. The highest BCUT2D eigenvalue weighted by Gasteiger charge is 2.57. The quantitative estimate of drug-likeness (QED) is 0.772. The van der Waals surface area contributed by atoms with E-state index in [0.717, 1.165) is 5.56 Å². The molecule has 100 valence electrons. The monoisotopic (exact) mass is 258 g/mol. The molecule has 19 heavy (non-hydrogen) atoms. The summed E-state index contributed by atoms with van der Waals surface area (Å²) in [6.45, 7) is 7.92. The average Bonchev–Trinajstić information content (AvgIpc) is 2.62. The van der Waals surface area contributed by atoms with Gasteiger partial charge in [-0.25, -0.2) is 0 Å². The van der Waals surface area contributed by atoms with Gasteiger partial charge in [-0.2, -0.15) is 0 Å². The topological polar surface area (TPSA) is 49.4 Å². The Hall–Kier alpha value is -1.84. The zero-order valence-corrected chi connectivity index (χ0v) is 11.7. The third-order valence-electron chi connectivity index (χ3n) is 4.78. The highest BCUT2D eigenvalue weighted by molar-refractivity contribution is 6.06. The molecule has 0 spiro atoms. The van der Waals surface area contributed by atoms with Crippen LogP contribution in [0.25, 0.3) is 0 Å². The fraction of sp³-hybridized carbons (Fsp3) is 0.467. The van der Waals surface area contributed by atoms with Gasteiger partial charge in [-0.15, -0.1) is 0 Å². The van der Waals surface area contributed by atoms with Crippen molar-refractivity contribution in [2.45, 2.75) is 44.8 Å². The minimum Gasteiger partial charge on any atom is -0.347 e. The van der Waals surface area contributed by atoms with Crippen LogP contribution in [0.4, 0.5) is 0 Å². The molecular formula is C15H18N2O2. The van der Waals surface area contributed by atoms with E-state index in [2.05, 4.69) is 5.32 Å². The van der Waals surface area contributed by atoms with Crippen LogP contribution in [0, 0.1) is 0 Å². The summed E-state index contributed by atoms with van der Waals surface area (Å²) in [5.41, 5.74) is 0.557. The van der Waals surface area contributed by atoms with E-state index in [1.165, 1.54) is 0 Å². The first-order valence-corrected chi connectivity index (χ1v) is 6.52. The van der Waals surface area contributed by atoms with Crippen LogP contribution in [-0.2, 0) is 4.79 Å². The normalized spacial score (nSPS) is 26.7. The van der Waals surface area contributed by atoms with E-state index in [1.54, 1.807) is 11.0 Å². The van der Waals surface area contributed by atoms with Crippen molar-refractivity contribution in [2.24, 2.45) is 0 Å². The molecule has 0 aromatic heterocycles. The van der Waals surface area contributed by atoms with E-state index in [-0.39, 0.29) is 11.8 Å². The van der Waals surface area contributed by atoms with Crippen molar-refractivity contribution in [1.82, 2.24) is 10.2 Å². The lowest BCUT2D eigenvalue weighted by Crippen LogP contribution is -2.72. The minimum atomic E-state index is -0.494. The minimum absolute atomic E-state index is 0.0477. The van der Waals surface area contributed by atoms with E-state index in [4.69, 9.17) is 0 Å². The predicted octanol–water partition coefficient (Wildman–Crippen LogP) is 1.87. The molecule has 0 aliphatic carbocycles. The molecule has 4 heteroatoms. The Morgan fingerprint density at radius 2 is 1.74 bits per heavy atom. The highest BCUT2D eigenvalue weighted by Crippen LogP contribution is 2.45. The molecule has 2 aliphatic heterocycles. The smallest absolute Gasteiger partial charge is 0.255 e. The Labute approximate surface area is 112 Å². The van der Waals surface area contributed by atoms with Crippen LogP contribution in [0.1, 0.15) is 49.7 Å². The molecule has 1 saturated heterocycles. The molecule has 2 amide bonds. The molecule has 2 aliphatic rings. The molecule has 1 unspecified atom stereocenters. The summed E-state index contributed by atoms with van der Waals surface area (Å²) in [7, 11) is 0. The second-order valence-electron chi connectivity index (χ2n) is 6.34. The molecular weight excluding hydrogens is 240 g/mol. The van der Waals surface area contributed by atoms with Crippen LogP contribution in [-0.4, -0.2) is 27.8 Å². The first kappa shape index (κ1) is 12.2. The molecule has 0 bridgehead atoms. The average molecular weight is 258 g/mol. The third kappa shape index (κ3) is 1.34. The van der Waals surface area contributed by atoms with Crippen LogP contribution < -0.4 is 5.32 Å². The molecule has 0 radical (unpaired) electrons. The lowest BCUT2D eigenvalue weighted by atomic mass is 9.77. The van der Waals surface area contributed by atoms with E-state index in [9.17, 15) is 9.59 Å². The van der Waals surface area contributed by atoms with Gasteiger partial charge in [-0.05, 0) is 39.3 Å². The maximum Gasteiger partial charge on any atom is 0.255 e. The lowest BCUT2D eigenvalue weighted by molar-refractivity contribution is -0.138. The molecule has 1 aromatic carbocycles. The molecule has 3 rings (SSSR count). The van der Waals surface area contributed by atoms with E-state index >= 15 is 0 Å². The first-order chi connectivity index (χ1) is 8.77. The second-order valence-corrected chi connectivity index (χ2v) is 6.34. The Bertz CT molecular complexity index is 590. The lowest BCUT2D eigenvalue weighted by Gasteiger charge is -2.54. The number of amides is 2. The fourth-order valence-corrected chi connectivity index (χ4v) is 2.98. The number of benzene rings is 1. The predicted molar refractivity (Wildman–Crippen MR) is 71.7 cm³/mol. The Kier molecular flexibility index (Phi) is 2.17. The van der Waals surface area contributed by atoms with Crippen LogP contribution >= 0.6 is 0 Å². The Morgan fingerprint density at radius 3 is 2.42 bits per heavy atom. The number of piperazine rings is 1. The number of hydrogen-bond donors (Lipinski definition) is 1. The number of nitrogens with one attached hydrogen (secondary N) is 1. The third-order valence-corrected chi connectivity index (χ3v) is 4.78. The number of hydrogen-bond acceptors (Lipinski definition) is 2. The number of carbonyl (C=O) groups excluding carboxylic acids is 2. The Balaban J connectivity index is 2.21. The highest BCUT2D eigenvalue weighted by atomic mass is 16.2. The van der Waals surface area contributed by atoms with Gasteiger partial charge in [0.25, 0.3) is 5.91 Å². The number of fused-ring (bicyclic) bond motifs is 3. The van der Waals surface area contributed by atoms with Crippen molar-refractivity contribution in [2.75, 3.05) is 0 Å². The zero-order chi connectivity index (χ0) is 14.0. The van der Waals surface area contributed by atoms with Crippen LogP contribution in [0.2, 0.25) is 0 Å². The van der Waals surface area contributed by atoms with Gasteiger partial charge in [0.2, 0.25) is 5.91 Å². The zero-order valence-electron chi connectivity index (χ0n) is 11.7. The van der Waals surface area contributed by atoms with E-state index < -0.39 is 17.1 Å². The maximum absolute atomic E-state index is 12.6. The number of rotatable bonds is 0.